The molecule has 33 nitrogen and oxygen atoms in total. The van der Waals surface area contributed by atoms with Crippen LogP contribution in [0.25, 0.3) is 6.08 Å². The quantitative estimate of drug-likeness (QED) is 0.00564. The van der Waals surface area contributed by atoms with Crippen LogP contribution in [0.5, 0.6) is 0 Å². The van der Waals surface area contributed by atoms with Crippen molar-refractivity contribution in [1.29, 1.82) is 0 Å². The number of carboxylic acid groups (broad SMARTS) is 1. The van der Waals surface area contributed by atoms with Crippen LogP contribution < -0.4 is 71.6 Å². The first kappa shape index (κ1) is 84.0. The van der Waals surface area contributed by atoms with E-state index in [2.05, 4.69) is 52.2 Å². The Morgan fingerprint density at radius 2 is 1.05 bits per heavy atom. The van der Waals surface area contributed by atoms with Crippen molar-refractivity contribution >= 4 is 89.0 Å². The minimum atomic E-state index is -2.44. The minimum absolute atomic E-state index is 0.0150. The zero-order valence-corrected chi connectivity index (χ0v) is 60.9. The number of likely N-dealkylation sites (tertiary alicyclic amines) is 3. The monoisotopic (exact) mass is 1560 g/mol. The van der Waals surface area contributed by atoms with Gasteiger partial charge in [0.05, 0.1) is 24.8 Å². The number of carboxylic acids is 1. The lowest BCUT2D eigenvalue weighted by atomic mass is 9.84. The second-order valence-corrected chi connectivity index (χ2v) is 28.7. The van der Waals surface area contributed by atoms with Crippen molar-refractivity contribution in [3.63, 3.8) is 0 Å². The van der Waals surface area contributed by atoms with E-state index in [0.29, 0.717) is 37.8 Å². The van der Waals surface area contributed by atoms with Gasteiger partial charge >= 0.3 is 5.97 Å². The number of nitrogens with two attached hydrogens (primary N) is 6. The van der Waals surface area contributed by atoms with E-state index in [1.165, 1.54) is 4.90 Å². The number of guanidine groups is 3. The van der Waals surface area contributed by atoms with Crippen molar-refractivity contribution in [3.05, 3.63) is 112 Å². The first-order chi connectivity index (χ1) is 52.9. The molecule has 12 atom stereocenters. The van der Waals surface area contributed by atoms with Gasteiger partial charge in [0, 0.05) is 51.3 Å². The SMILES string of the molecule is NC(N)=NCCC[C@H](NC(=O)[C@@H]1C[C@@H]2CCCC[C@@H]2N1C(=O)[C@H](NC(=O)[C@H](CO)NC(=O)[C@@H](NC(=O)CNC(=O)[C@@H]1C[C@@H](O)CN1C(=O)[C@@H]1CCCN1C(=O)[C@H](CCCN=C(N)N)NC(=O)[C@@H](CCCN=C(N)N)NC(=O)/C=C/c1c(F)c(F)c(F)c(F)c1F)C1Cc2ccccc2C1)C1Cc2ccccc2C1)C(=O)O. The number of nitrogens with one attached hydrogen (secondary N) is 7. The number of fused-ring (bicyclic) bond motifs is 3. The summed E-state index contributed by atoms with van der Waals surface area (Å²) >= 11 is 0. The van der Waals surface area contributed by atoms with E-state index in [9.17, 15) is 85.2 Å². The van der Waals surface area contributed by atoms with E-state index in [1.807, 2.05) is 36.4 Å². The Bertz CT molecular complexity index is 4030. The number of aliphatic hydroxyl groups excluding tert-OH is 2. The second kappa shape index (κ2) is 38.5. The summed E-state index contributed by atoms with van der Waals surface area (Å²) in [6.45, 7) is -2.37. The van der Waals surface area contributed by atoms with Crippen molar-refractivity contribution in [2.45, 2.75) is 182 Å². The van der Waals surface area contributed by atoms with Crippen molar-refractivity contribution in [3.8, 4) is 0 Å². The molecule has 3 aliphatic heterocycles. The van der Waals surface area contributed by atoms with Gasteiger partial charge in [0.2, 0.25) is 64.9 Å². The molecule has 0 bridgehead atoms. The highest BCUT2D eigenvalue weighted by Crippen LogP contribution is 2.42. The molecule has 3 aromatic rings. The predicted molar refractivity (Wildman–Crippen MR) is 391 cm³/mol. The maximum Gasteiger partial charge on any atom is 0.326 e. The Hall–Kier alpha value is -11.1. The first-order valence-electron chi connectivity index (χ1n) is 37.0. The number of aliphatic imine (C=N–C) groups is 3. The minimum Gasteiger partial charge on any atom is -0.480 e. The number of carbonyl (C=O) groups is 11. The van der Waals surface area contributed by atoms with Crippen LogP contribution >= 0.6 is 0 Å². The highest BCUT2D eigenvalue weighted by atomic mass is 19.2. The Balaban J connectivity index is 0.882. The molecule has 602 valence electrons. The van der Waals surface area contributed by atoms with Gasteiger partial charge in [0.25, 0.3) is 0 Å². The highest BCUT2D eigenvalue weighted by Gasteiger charge is 2.52. The Kier molecular flexibility index (Phi) is 29.2. The Morgan fingerprint density at radius 1 is 0.532 bits per heavy atom. The number of β-amino-alcohol motifs (C(OH)–C–C–N with tert-alkyl or cyclic N) is 1. The average molecular weight is 1560 g/mol. The molecule has 9 rings (SSSR count). The van der Waals surface area contributed by atoms with E-state index >= 15 is 4.79 Å². The number of halogens is 5. The molecule has 0 unspecified atom stereocenters. The fourth-order valence-electron chi connectivity index (χ4n) is 15.8. The van der Waals surface area contributed by atoms with E-state index in [-0.39, 0.29) is 127 Å². The molecule has 0 radical (unpaired) electrons. The molecule has 6 aliphatic rings. The number of benzene rings is 3. The average Bonchev–Trinajstić information content (AvgIpc) is 1.63. The summed E-state index contributed by atoms with van der Waals surface area (Å²) in [4.78, 5) is 173. The number of carbonyl (C=O) groups excluding carboxylic acids is 10. The third-order valence-electron chi connectivity index (χ3n) is 21.2. The summed E-state index contributed by atoms with van der Waals surface area (Å²) in [5.74, 6) is -24.0. The lowest BCUT2D eigenvalue weighted by molar-refractivity contribution is -0.148. The topological polar surface area (TPSA) is 536 Å². The van der Waals surface area contributed by atoms with Gasteiger partial charge in [-0.3, -0.25) is 62.9 Å². The van der Waals surface area contributed by atoms with Crippen molar-refractivity contribution < 1.29 is 90.0 Å². The zero-order chi connectivity index (χ0) is 80.5. The molecule has 3 saturated heterocycles. The van der Waals surface area contributed by atoms with Crippen LogP contribution in [-0.2, 0) is 78.4 Å². The Labute approximate surface area is 635 Å². The Morgan fingerprint density at radius 3 is 1.59 bits per heavy atom. The van der Waals surface area contributed by atoms with Crippen LogP contribution in [0.4, 0.5) is 22.0 Å². The molecular formula is C73H96F5N19O14. The van der Waals surface area contributed by atoms with Gasteiger partial charge in [-0.1, -0.05) is 61.4 Å². The number of rotatable bonds is 34. The molecule has 10 amide bonds. The van der Waals surface area contributed by atoms with Crippen molar-refractivity contribution in [2.75, 3.05) is 45.9 Å². The van der Waals surface area contributed by atoms with Gasteiger partial charge in [0.15, 0.2) is 41.1 Å². The molecule has 38 heteroatoms. The second-order valence-electron chi connectivity index (χ2n) is 28.7. The summed E-state index contributed by atoms with van der Waals surface area (Å²) < 4.78 is 70.9. The smallest absolute Gasteiger partial charge is 0.326 e. The molecule has 1 saturated carbocycles. The normalized spacial score (nSPS) is 20.9. The summed E-state index contributed by atoms with van der Waals surface area (Å²) in [7, 11) is 0. The number of nitrogens with zero attached hydrogens (tertiary/aromatic N) is 6. The molecule has 0 aromatic heterocycles. The van der Waals surface area contributed by atoms with Gasteiger partial charge in [0.1, 0.15) is 54.4 Å². The van der Waals surface area contributed by atoms with Crippen LogP contribution in [0.2, 0.25) is 0 Å². The number of aliphatic hydroxyl groups is 2. The third-order valence-corrected chi connectivity index (χ3v) is 21.2. The summed E-state index contributed by atoms with van der Waals surface area (Å²) in [6.07, 6.45) is 3.17. The molecule has 0 spiro atoms. The van der Waals surface area contributed by atoms with E-state index in [4.69, 9.17) is 34.4 Å². The van der Waals surface area contributed by atoms with Crippen molar-refractivity contribution in [2.24, 2.45) is 67.1 Å². The first-order valence-corrected chi connectivity index (χ1v) is 37.0. The highest BCUT2D eigenvalue weighted by molar-refractivity contribution is 6.00. The summed E-state index contributed by atoms with van der Waals surface area (Å²) in [5, 5.41) is 50.4. The van der Waals surface area contributed by atoms with Gasteiger partial charge < -0.3 is 102 Å². The lowest BCUT2D eigenvalue weighted by Gasteiger charge is -2.38. The molecule has 111 heavy (non-hydrogen) atoms. The number of hydrogen-bond acceptors (Lipinski definition) is 16. The van der Waals surface area contributed by atoms with Crippen LogP contribution in [0.3, 0.4) is 0 Å². The number of hydrogen-bond donors (Lipinski definition) is 16. The molecule has 4 fully saturated rings. The van der Waals surface area contributed by atoms with Gasteiger partial charge in [-0.15, -0.1) is 0 Å². The maximum absolute atomic E-state index is 15.6. The van der Waals surface area contributed by atoms with Crippen LogP contribution in [0.1, 0.15) is 118 Å². The van der Waals surface area contributed by atoms with Crippen LogP contribution in [-0.4, -0.2) is 225 Å². The summed E-state index contributed by atoms with van der Waals surface area (Å²) in [5.41, 5.74) is 35.0. The predicted octanol–water partition coefficient (Wildman–Crippen LogP) is -2.40. The third kappa shape index (κ3) is 21.3. The standard InChI is InChI=1S/C73H96F5N19O14/c74-55-44(56(75)58(77)59(78)57(55)76)21-22-53(100)89-45(16-7-23-85-71(79)80)62(102)90-46(17-8-24-86-72(81)82)67(107)95-26-10-20-50(95)68(108)96-34-43(99)32-51(96)64(104)88-33-54(101)93-60(41-27-36-11-1-2-12-37(36)28-41)66(106)92-48(35-98)63(103)94-61(42-29-38-13-3-4-14-39(38)30-42)69(109)97-49-19-6-5-15-40(49)31-52(97)65(105)91-47(70(110)111)18-9-25-87-73(83)84/h1-4,11-14,21-22,40-43,45-52,60-61,98-99H,5-10,15-20,23-35H2,(H,88,104)(H,89,100)(H,90,102)(H,91,105)(H,92,106)(H,93,101)(H,94,103)(H,110,111)(H4,79,80,85)(H4,81,82,86)(H4,83,84,87)/b22-21+/t40-,43+,45+,46-,47-,48-,49-,50-,51-,52-,60-,61+/m0/s1. The van der Waals surface area contributed by atoms with E-state index in [0.717, 1.165) is 44.9 Å². The number of amides is 10. The van der Waals surface area contributed by atoms with E-state index in [1.54, 1.807) is 12.1 Å². The fraction of sp³-hybridized carbons (Fsp3) is 0.534. The van der Waals surface area contributed by atoms with Crippen molar-refractivity contribution in [1.82, 2.24) is 51.9 Å². The van der Waals surface area contributed by atoms with E-state index < -0.39 is 198 Å². The molecule has 3 aliphatic carbocycles. The molecule has 3 heterocycles. The van der Waals surface area contributed by atoms with Gasteiger partial charge in [-0.2, -0.15) is 0 Å². The molecule has 22 N–H and O–H groups in total. The number of aliphatic carboxylic acids is 1. The van der Waals surface area contributed by atoms with Crippen LogP contribution in [0.15, 0.2) is 69.6 Å². The largest absolute Gasteiger partial charge is 0.480 e. The maximum atomic E-state index is 15.6. The zero-order valence-electron chi connectivity index (χ0n) is 60.9. The fourth-order valence-corrected chi connectivity index (χ4v) is 15.8. The summed E-state index contributed by atoms with van der Waals surface area (Å²) in [6, 6.07) is 1.41. The molecule has 3 aromatic carbocycles. The van der Waals surface area contributed by atoms with Gasteiger partial charge in [-0.25, -0.2) is 26.7 Å². The van der Waals surface area contributed by atoms with Crippen LogP contribution in [0, 0.1) is 46.8 Å². The molecular weight excluding hydrogens is 1460 g/mol. The van der Waals surface area contributed by atoms with Gasteiger partial charge in [-0.05, 0) is 142 Å². The lowest BCUT2D eigenvalue weighted by Crippen LogP contribution is -2.62.